The van der Waals surface area contributed by atoms with Crippen LogP contribution in [0.5, 0.6) is 0 Å². The van der Waals surface area contributed by atoms with Crippen molar-refractivity contribution in [1.82, 2.24) is 5.32 Å². The molecule has 2 aromatic carbocycles. The summed E-state index contributed by atoms with van der Waals surface area (Å²) in [5.74, 6) is -4.42. The normalized spacial score (nSPS) is 13.1. The number of carbonyl (C=O) groups excluding carboxylic acids is 2. The average molecular weight is 488 g/mol. The third-order valence-electron chi connectivity index (χ3n) is 4.53. The van der Waals surface area contributed by atoms with Gasteiger partial charge in [0.05, 0.1) is 6.42 Å². The van der Waals surface area contributed by atoms with E-state index >= 15 is 0 Å². The molecule has 0 radical (unpaired) electrons. The molecule has 0 heterocycles. The largest absolute Gasteiger partial charge is 0.474 e. The fourth-order valence-corrected chi connectivity index (χ4v) is 3.15. The first-order valence-electron chi connectivity index (χ1n) is 9.74. The Hall–Kier alpha value is -3.11. The molecule has 0 aromatic heterocycles. The molecule has 0 aliphatic rings. The van der Waals surface area contributed by atoms with Gasteiger partial charge in [-0.1, -0.05) is 48.0 Å². The zero-order valence-electron chi connectivity index (χ0n) is 17.1. The number of carboxylic acid groups (broad SMARTS) is 1. The fraction of sp³-hybridized carbons (Fsp3) is 0.318. The van der Waals surface area contributed by atoms with E-state index in [0.717, 1.165) is 11.1 Å². The van der Waals surface area contributed by atoms with Crippen LogP contribution in [0.1, 0.15) is 18.4 Å². The van der Waals surface area contributed by atoms with Crippen molar-refractivity contribution in [2.45, 2.75) is 37.6 Å². The van der Waals surface area contributed by atoms with Crippen molar-refractivity contribution in [1.29, 1.82) is 0 Å². The smallest absolute Gasteiger partial charge is 0.394 e. The molecular weight excluding hydrogens is 467 g/mol. The van der Waals surface area contributed by atoms with Gasteiger partial charge in [-0.2, -0.15) is 13.2 Å². The van der Waals surface area contributed by atoms with Gasteiger partial charge in [0.2, 0.25) is 0 Å². The number of aliphatic hydroxyl groups excluding tert-OH is 1. The highest BCUT2D eigenvalue weighted by molar-refractivity contribution is 6.31. The third-order valence-corrected chi connectivity index (χ3v) is 4.77. The number of hydrogen-bond acceptors (Lipinski definition) is 5. The maximum absolute atomic E-state index is 12.2. The number of esters is 1. The number of nitrogens with one attached hydrogen (secondary N) is 1. The molecule has 2 aromatic rings. The number of hydrogen-bond donors (Lipinski definition) is 3. The van der Waals surface area contributed by atoms with Gasteiger partial charge in [-0.25, -0.2) is 9.59 Å². The number of halogens is 4. The highest BCUT2D eigenvalue weighted by atomic mass is 35.5. The Morgan fingerprint density at radius 3 is 2.30 bits per heavy atom. The monoisotopic (exact) mass is 487 g/mol. The lowest BCUT2D eigenvalue weighted by Gasteiger charge is -2.21. The second kappa shape index (κ2) is 11.7. The second-order valence-corrected chi connectivity index (χ2v) is 7.61. The van der Waals surface area contributed by atoms with Crippen LogP contribution >= 0.6 is 11.6 Å². The van der Waals surface area contributed by atoms with Gasteiger partial charge in [0.25, 0.3) is 0 Å². The van der Waals surface area contributed by atoms with Crippen molar-refractivity contribution in [3.8, 4) is 11.1 Å². The number of alkyl halides is 3. The van der Waals surface area contributed by atoms with E-state index in [4.69, 9.17) is 16.7 Å². The molecule has 11 heteroatoms. The van der Waals surface area contributed by atoms with Crippen molar-refractivity contribution < 1.29 is 42.5 Å². The third kappa shape index (κ3) is 9.11. The SMILES string of the molecule is O=C(O)C(=O)N[C@H](Cc1ccc(-c2cccc(Cl)c2)cc1)C[C@@H](O)C(=O)OCCC(F)(F)F. The minimum absolute atomic E-state index is 0.0434. The summed E-state index contributed by atoms with van der Waals surface area (Å²) in [7, 11) is 0. The molecule has 33 heavy (non-hydrogen) atoms. The molecule has 0 aliphatic carbocycles. The molecular formula is C22H21ClF3NO6. The Morgan fingerprint density at radius 1 is 1.06 bits per heavy atom. The van der Waals surface area contributed by atoms with Crippen LogP contribution < -0.4 is 5.32 Å². The molecule has 0 unspecified atom stereocenters. The van der Waals surface area contributed by atoms with E-state index in [9.17, 15) is 32.7 Å². The first-order valence-corrected chi connectivity index (χ1v) is 10.1. The van der Waals surface area contributed by atoms with Crippen LogP contribution in [-0.2, 0) is 25.5 Å². The highest BCUT2D eigenvalue weighted by Crippen LogP contribution is 2.24. The molecule has 2 atom stereocenters. The molecule has 3 N–H and O–H groups in total. The van der Waals surface area contributed by atoms with E-state index in [1.807, 2.05) is 6.07 Å². The van der Waals surface area contributed by atoms with Crippen molar-refractivity contribution in [3.05, 3.63) is 59.1 Å². The van der Waals surface area contributed by atoms with Gasteiger partial charge in [0, 0.05) is 17.5 Å². The van der Waals surface area contributed by atoms with Crippen LogP contribution in [0.4, 0.5) is 13.2 Å². The summed E-state index contributed by atoms with van der Waals surface area (Å²) in [4.78, 5) is 34.3. The number of aliphatic hydroxyl groups is 1. The number of carbonyl (C=O) groups is 3. The quantitative estimate of drug-likeness (QED) is 0.369. The van der Waals surface area contributed by atoms with Crippen LogP contribution in [0.15, 0.2) is 48.5 Å². The summed E-state index contributed by atoms with van der Waals surface area (Å²) >= 11 is 5.99. The molecule has 2 rings (SSSR count). The highest BCUT2D eigenvalue weighted by Gasteiger charge is 2.29. The van der Waals surface area contributed by atoms with Crippen LogP contribution in [0, 0.1) is 0 Å². The summed E-state index contributed by atoms with van der Waals surface area (Å²) < 4.78 is 40.9. The Morgan fingerprint density at radius 2 is 1.73 bits per heavy atom. The Labute approximate surface area is 192 Å². The maximum Gasteiger partial charge on any atom is 0.394 e. The van der Waals surface area contributed by atoms with Gasteiger partial charge >= 0.3 is 24.0 Å². The lowest BCUT2D eigenvalue weighted by molar-refractivity contribution is -0.166. The number of ether oxygens (including phenoxy) is 1. The second-order valence-electron chi connectivity index (χ2n) is 7.17. The molecule has 1 amide bonds. The van der Waals surface area contributed by atoms with Gasteiger partial charge in [-0.15, -0.1) is 0 Å². The van der Waals surface area contributed by atoms with E-state index in [-0.39, 0.29) is 6.42 Å². The van der Waals surface area contributed by atoms with Gasteiger partial charge in [0.15, 0.2) is 6.10 Å². The molecule has 178 valence electrons. The Kier molecular flexibility index (Phi) is 9.24. The minimum atomic E-state index is -4.53. The topological polar surface area (TPSA) is 113 Å². The number of benzene rings is 2. The molecule has 0 spiro atoms. The molecule has 0 bridgehead atoms. The first-order chi connectivity index (χ1) is 15.4. The van der Waals surface area contributed by atoms with Gasteiger partial charge in [0.1, 0.15) is 6.61 Å². The van der Waals surface area contributed by atoms with Gasteiger partial charge < -0.3 is 20.3 Å². The molecule has 0 saturated heterocycles. The van der Waals surface area contributed by atoms with E-state index in [1.54, 1.807) is 42.5 Å². The summed E-state index contributed by atoms with van der Waals surface area (Å²) in [5.41, 5.74) is 2.36. The first kappa shape index (κ1) is 26.1. The van der Waals surface area contributed by atoms with Crippen LogP contribution in [0.3, 0.4) is 0 Å². The average Bonchev–Trinajstić information content (AvgIpc) is 2.73. The fourth-order valence-electron chi connectivity index (χ4n) is 2.96. The minimum Gasteiger partial charge on any atom is -0.474 e. The summed E-state index contributed by atoms with van der Waals surface area (Å²) in [6.45, 7) is -0.962. The van der Waals surface area contributed by atoms with Crippen LogP contribution in [0.25, 0.3) is 11.1 Å². The van der Waals surface area contributed by atoms with E-state index < -0.39 is 55.6 Å². The van der Waals surface area contributed by atoms with Crippen molar-refractivity contribution in [3.63, 3.8) is 0 Å². The molecule has 0 saturated carbocycles. The van der Waals surface area contributed by atoms with Gasteiger partial charge in [-0.3, -0.25) is 4.79 Å². The van der Waals surface area contributed by atoms with Crippen LogP contribution in [-0.4, -0.2) is 53.0 Å². The number of aliphatic carboxylic acids is 1. The number of rotatable bonds is 9. The standard InChI is InChI=1S/C22H21ClF3NO6/c23-16-3-1-2-15(11-16)14-6-4-13(5-7-14)10-17(27-19(29)20(30)31)12-18(28)21(32)33-9-8-22(24,25)26/h1-7,11,17-18,28H,8-10,12H2,(H,27,29)(H,30,31)/t17-,18-/m1/s1. The Bertz CT molecular complexity index is 981. The molecule has 7 nitrogen and oxygen atoms in total. The van der Waals surface area contributed by atoms with Crippen LogP contribution in [0.2, 0.25) is 5.02 Å². The summed E-state index contributed by atoms with van der Waals surface area (Å²) in [6, 6.07) is 13.1. The number of carboxylic acids is 1. The summed E-state index contributed by atoms with van der Waals surface area (Å²) in [5, 5.41) is 21.6. The summed E-state index contributed by atoms with van der Waals surface area (Å²) in [6.07, 6.45) is -8.17. The van der Waals surface area contributed by atoms with Crippen molar-refractivity contribution >= 4 is 29.4 Å². The van der Waals surface area contributed by atoms with Crippen molar-refractivity contribution in [2.24, 2.45) is 0 Å². The number of amides is 1. The lowest BCUT2D eigenvalue weighted by Crippen LogP contribution is -2.43. The van der Waals surface area contributed by atoms with E-state index in [1.165, 1.54) is 0 Å². The van der Waals surface area contributed by atoms with Gasteiger partial charge in [-0.05, 0) is 35.2 Å². The molecule has 0 fully saturated rings. The predicted octanol–water partition coefficient (Wildman–Crippen LogP) is 3.37. The zero-order valence-corrected chi connectivity index (χ0v) is 17.9. The predicted molar refractivity (Wildman–Crippen MR) is 112 cm³/mol. The lowest BCUT2D eigenvalue weighted by atomic mass is 9.98. The molecule has 0 aliphatic heterocycles. The maximum atomic E-state index is 12.2. The van der Waals surface area contributed by atoms with E-state index in [2.05, 4.69) is 10.1 Å². The van der Waals surface area contributed by atoms with Crippen molar-refractivity contribution in [2.75, 3.05) is 6.61 Å². The zero-order chi connectivity index (χ0) is 24.6. The van der Waals surface area contributed by atoms with E-state index in [0.29, 0.717) is 10.6 Å². The Balaban J connectivity index is 2.06.